The van der Waals surface area contributed by atoms with Crippen LogP contribution < -0.4 is 10.1 Å². The molecule has 0 atom stereocenters. The third-order valence-corrected chi connectivity index (χ3v) is 5.93. The number of carbonyl (C=O) groups is 1. The van der Waals surface area contributed by atoms with Gasteiger partial charge in [0.25, 0.3) is 5.91 Å². The Balaban J connectivity index is 1.64. The molecule has 1 amide bonds. The van der Waals surface area contributed by atoms with Crippen LogP contribution in [-0.4, -0.2) is 39.4 Å². The van der Waals surface area contributed by atoms with Crippen LogP contribution in [0.2, 0.25) is 5.15 Å². The second-order valence-electron chi connectivity index (χ2n) is 6.74. The van der Waals surface area contributed by atoms with Gasteiger partial charge in [-0.25, -0.2) is 9.37 Å². The van der Waals surface area contributed by atoms with E-state index in [1.54, 1.807) is 12.1 Å². The number of amides is 1. The van der Waals surface area contributed by atoms with Crippen molar-refractivity contribution < 1.29 is 13.9 Å². The van der Waals surface area contributed by atoms with E-state index < -0.39 is 6.17 Å². The number of rotatable bonds is 5. The second kappa shape index (κ2) is 8.00. The second-order valence-corrected chi connectivity index (χ2v) is 8.14. The van der Waals surface area contributed by atoms with Crippen molar-refractivity contribution in [3.05, 3.63) is 45.9 Å². The Morgan fingerprint density at radius 2 is 2.03 bits per heavy atom. The maximum Gasteiger partial charge on any atom is 0.259 e. The Morgan fingerprint density at radius 3 is 2.76 bits per heavy atom. The predicted octanol–water partition coefficient (Wildman–Crippen LogP) is 4.43. The summed E-state index contributed by atoms with van der Waals surface area (Å²) in [6, 6.07) is 3.42. The zero-order chi connectivity index (χ0) is 20.5. The van der Waals surface area contributed by atoms with E-state index in [0.717, 1.165) is 10.7 Å². The van der Waals surface area contributed by atoms with Crippen LogP contribution in [0.1, 0.15) is 39.8 Å². The van der Waals surface area contributed by atoms with Crippen molar-refractivity contribution in [2.75, 3.05) is 12.4 Å². The minimum absolute atomic E-state index is 0.0768. The van der Waals surface area contributed by atoms with E-state index in [9.17, 15) is 9.18 Å². The molecule has 1 saturated carbocycles. The molecule has 0 aromatic carbocycles. The molecule has 3 aromatic rings. The summed E-state index contributed by atoms with van der Waals surface area (Å²) in [4.78, 5) is 21.2. The number of carbonyl (C=O) groups excluding carboxylic acids is 1. The molecular formula is C19H17ClFN5O2S. The summed E-state index contributed by atoms with van der Waals surface area (Å²) in [7, 11) is 1.52. The van der Waals surface area contributed by atoms with Gasteiger partial charge in [-0.2, -0.15) is 0 Å². The quantitative estimate of drug-likeness (QED) is 0.598. The molecule has 0 saturated heterocycles. The van der Waals surface area contributed by atoms with Gasteiger partial charge in [-0.15, -0.1) is 10.2 Å². The van der Waals surface area contributed by atoms with Crippen molar-refractivity contribution in [2.24, 2.45) is 0 Å². The summed E-state index contributed by atoms with van der Waals surface area (Å²) < 4.78 is 18.5. The zero-order valence-electron chi connectivity index (χ0n) is 15.6. The molecule has 7 nitrogen and oxygen atoms in total. The Kier molecular flexibility index (Phi) is 5.42. The van der Waals surface area contributed by atoms with Crippen LogP contribution in [-0.2, 0) is 0 Å². The van der Waals surface area contributed by atoms with Crippen LogP contribution in [0.4, 0.5) is 9.52 Å². The largest absolute Gasteiger partial charge is 0.494 e. The number of hydrogen-bond donors (Lipinski definition) is 1. The van der Waals surface area contributed by atoms with Crippen molar-refractivity contribution in [1.29, 1.82) is 0 Å². The molecular weight excluding hydrogens is 417 g/mol. The van der Waals surface area contributed by atoms with Crippen molar-refractivity contribution in [2.45, 2.75) is 31.9 Å². The van der Waals surface area contributed by atoms with Crippen molar-refractivity contribution in [3.63, 3.8) is 0 Å². The number of hydrogen-bond acceptors (Lipinski definition) is 7. The highest BCUT2D eigenvalue weighted by molar-refractivity contribution is 7.15. The number of alkyl halides is 1. The average Bonchev–Trinajstić information content (AvgIpc) is 3.13. The molecule has 29 heavy (non-hydrogen) atoms. The van der Waals surface area contributed by atoms with Gasteiger partial charge < -0.3 is 4.74 Å². The van der Waals surface area contributed by atoms with E-state index >= 15 is 0 Å². The normalized spacial score (nSPS) is 18.2. The van der Waals surface area contributed by atoms with Crippen molar-refractivity contribution in [3.8, 4) is 16.9 Å². The molecule has 10 heteroatoms. The van der Waals surface area contributed by atoms with E-state index in [0.29, 0.717) is 40.4 Å². The van der Waals surface area contributed by atoms with Gasteiger partial charge in [-0.05, 0) is 31.9 Å². The molecule has 3 heterocycles. The van der Waals surface area contributed by atoms with Crippen LogP contribution in [0.5, 0.6) is 5.75 Å². The monoisotopic (exact) mass is 433 g/mol. The fourth-order valence-electron chi connectivity index (χ4n) is 3.12. The number of halogens is 2. The first-order chi connectivity index (χ1) is 13.9. The first-order valence-corrected chi connectivity index (χ1v) is 10.1. The fraction of sp³-hybridized carbons (Fsp3) is 0.316. The lowest BCUT2D eigenvalue weighted by Gasteiger charge is -2.26. The van der Waals surface area contributed by atoms with Crippen molar-refractivity contribution >= 4 is 34.0 Å². The highest BCUT2D eigenvalue weighted by Crippen LogP contribution is 2.41. The van der Waals surface area contributed by atoms with Gasteiger partial charge in [0.2, 0.25) is 5.13 Å². The van der Waals surface area contributed by atoms with Gasteiger partial charge in [0, 0.05) is 28.9 Å². The van der Waals surface area contributed by atoms with Crippen LogP contribution >= 0.6 is 22.9 Å². The van der Waals surface area contributed by atoms with E-state index in [4.69, 9.17) is 16.3 Å². The third kappa shape index (κ3) is 4.06. The van der Waals surface area contributed by atoms with Crippen molar-refractivity contribution in [1.82, 2.24) is 20.2 Å². The molecule has 1 N–H and O–H groups in total. The number of methoxy groups -OCH3 is 1. The first-order valence-electron chi connectivity index (χ1n) is 8.90. The van der Waals surface area contributed by atoms with Gasteiger partial charge in [-0.3, -0.25) is 15.1 Å². The molecule has 0 radical (unpaired) electrons. The molecule has 0 aliphatic heterocycles. The van der Waals surface area contributed by atoms with Gasteiger partial charge in [-0.1, -0.05) is 22.9 Å². The van der Waals surface area contributed by atoms with Crippen LogP contribution in [0.15, 0.2) is 24.5 Å². The number of nitrogens with one attached hydrogen (secondary N) is 1. The topological polar surface area (TPSA) is 89.9 Å². The molecule has 1 fully saturated rings. The molecule has 0 spiro atoms. The SMILES string of the molecule is COc1cnc(Cl)cc1-c1cc(C)ncc1C(=O)Nc1nnc(C2CC(F)C2)s1. The standard InChI is InChI=1S/C19H17ClFN5O2S/c1-9-3-12(13-6-16(20)23-8-15(13)28-2)14(7-22-9)17(27)24-19-26-25-18(29-19)10-4-11(21)5-10/h3,6-8,10-11H,4-5H2,1-2H3,(H,24,26,27). The Hall–Kier alpha value is -2.65. The molecule has 4 rings (SSSR count). The third-order valence-electron chi connectivity index (χ3n) is 4.72. The smallest absolute Gasteiger partial charge is 0.259 e. The number of nitrogens with zero attached hydrogens (tertiary/aromatic N) is 4. The number of pyridine rings is 2. The zero-order valence-corrected chi connectivity index (χ0v) is 17.2. The fourth-order valence-corrected chi connectivity index (χ4v) is 4.14. The van der Waals surface area contributed by atoms with Gasteiger partial charge >= 0.3 is 0 Å². The summed E-state index contributed by atoms with van der Waals surface area (Å²) in [6.45, 7) is 1.83. The first kappa shape index (κ1) is 19.7. The summed E-state index contributed by atoms with van der Waals surface area (Å²) in [5.74, 6) is 0.174. The van der Waals surface area contributed by atoms with E-state index in [1.807, 2.05) is 6.92 Å². The minimum atomic E-state index is -0.773. The van der Waals surface area contributed by atoms with Gasteiger partial charge in [0.1, 0.15) is 22.1 Å². The predicted molar refractivity (Wildman–Crippen MR) is 109 cm³/mol. The van der Waals surface area contributed by atoms with E-state index in [-0.39, 0.29) is 17.0 Å². The lowest BCUT2D eigenvalue weighted by atomic mass is 9.84. The van der Waals surface area contributed by atoms with Crippen LogP contribution in [0, 0.1) is 6.92 Å². The molecule has 0 bridgehead atoms. The summed E-state index contributed by atoms with van der Waals surface area (Å²) in [5, 5.41) is 12.2. The highest BCUT2D eigenvalue weighted by atomic mass is 35.5. The molecule has 3 aromatic heterocycles. The maximum atomic E-state index is 13.1. The number of anilines is 1. The number of aryl methyl sites for hydroxylation is 1. The lowest BCUT2D eigenvalue weighted by Crippen LogP contribution is -2.22. The highest BCUT2D eigenvalue weighted by Gasteiger charge is 2.33. The van der Waals surface area contributed by atoms with Crippen LogP contribution in [0.3, 0.4) is 0 Å². The summed E-state index contributed by atoms with van der Waals surface area (Å²) >= 11 is 7.32. The Labute approximate surface area is 175 Å². The minimum Gasteiger partial charge on any atom is -0.494 e. The summed E-state index contributed by atoms with van der Waals surface area (Å²) in [5.41, 5.74) is 2.31. The van der Waals surface area contributed by atoms with E-state index in [1.165, 1.54) is 30.8 Å². The molecule has 0 unspecified atom stereocenters. The van der Waals surface area contributed by atoms with Gasteiger partial charge in [0.05, 0.1) is 18.9 Å². The number of ether oxygens (including phenoxy) is 1. The molecule has 150 valence electrons. The average molecular weight is 434 g/mol. The maximum absolute atomic E-state index is 13.1. The molecule has 1 aliphatic carbocycles. The molecule has 1 aliphatic rings. The van der Waals surface area contributed by atoms with Gasteiger partial charge in [0.15, 0.2) is 0 Å². The Bertz CT molecular complexity index is 1070. The Morgan fingerprint density at radius 1 is 1.24 bits per heavy atom. The van der Waals surface area contributed by atoms with E-state index in [2.05, 4.69) is 25.5 Å². The number of aromatic nitrogens is 4. The summed E-state index contributed by atoms with van der Waals surface area (Å²) in [6.07, 6.45) is 3.14. The lowest BCUT2D eigenvalue weighted by molar-refractivity contribution is 0.102. The van der Waals surface area contributed by atoms with Crippen LogP contribution in [0.25, 0.3) is 11.1 Å².